The van der Waals surface area contributed by atoms with Gasteiger partial charge in [0.15, 0.2) is 0 Å². The summed E-state index contributed by atoms with van der Waals surface area (Å²) < 4.78 is 18.8. The van der Waals surface area contributed by atoms with Gasteiger partial charge >= 0.3 is 0 Å². The van der Waals surface area contributed by atoms with Crippen molar-refractivity contribution in [3.8, 4) is 11.3 Å². The predicted octanol–water partition coefficient (Wildman–Crippen LogP) is 4.75. The van der Waals surface area contributed by atoms with Gasteiger partial charge in [-0.05, 0) is 54.7 Å². The van der Waals surface area contributed by atoms with Crippen LogP contribution in [0.3, 0.4) is 0 Å². The normalized spacial score (nSPS) is 20.8. The summed E-state index contributed by atoms with van der Waals surface area (Å²) in [6.45, 7) is 5.39. The van der Waals surface area contributed by atoms with Crippen LogP contribution in [0.5, 0.6) is 0 Å². The number of nitrogens with one attached hydrogen (secondary N) is 1. The summed E-state index contributed by atoms with van der Waals surface area (Å²) >= 11 is 0. The Labute approximate surface area is 125 Å². The molecule has 0 saturated heterocycles. The Morgan fingerprint density at radius 3 is 2.62 bits per heavy atom. The minimum atomic E-state index is -0.226. The van der Waals surface area contributed by atoms with Gasteiger partial charge in [-0.25, -0.2) is 4.39 Å². The summed E-state index contributed by atoms with van der Waals surface area (Å²) in [4.78, 5) is 0. The van der Waals surface area contributed by atoms with E-state index in [1.54, 1.807) is 12.1 Å². The molecule has 1 aromatic heterocycles. The van der Waals surface area contributed by atoms with Crippen molar-refractivity contribution in [3.63, 3.8) is 0 Å². The third-order valence-electron chi connectivity index (χ3n) is 4.57. The van der Waals surface area contributed by atoms with Crippen LogP contribution in [0.1, 0.15) is 38.9 Å². The lowest BCUT2D eigenvalue weighted by molar-refractivity contribution is 0.276. The van der Waals surface area contributed by atoms with Crippen molar-refractivity contribution in [1.82, 2.24) is 5.32 Å². The van der Waals surface area contributed by atoms with Gasteiger partial charge in [0.2, 0.25) is 0 Å². The van der Waals surface area contributed by atoms with Crippen LogP contribution in [0.25, 0.3) is 11.3 Å². The summed E-state index contributed by atoms with van der Waals surface area (Å²) in [6, 6.07) is 10.9. The standard InChI is InChI=1S/C18H22FNO/c1-18(2)11-3-4-17(18)20-12-15-9-10-16(21-15)13-5-7-14(19)8-6-13/h5-10,17,20H,3-4,11-12H2,1-2H3. The predicted molar refractivity (Wildman–Crippen MR) is 82.4 cm³/mol. The van der Waals surface area contributed by atoms with E-state index in [2.05, 4.69) is 19.2 Å². The molecule has 21 heavy (non-hydrogen) atoms. The van der Waals surface area contributed by atoms with Crippen LogP contribution >= 0.6 is 0 Å². The van der Waals surface area contributed by atoms with E-state index in [0.29, 0.717) is 11.5 Å². The van der Waals surface area contributed by atoms with Gasteiger partial charge in [0.05, 0.1) is 6.54 Å². The summed E-state index contributed by atoms with van der Waals surface area (Å²) in [5, 5.41) is 3.61. The topological polar surface area (TPSA) is 25.2 Å². The first kappa shape index (κ1) is 14.3. The molecule has 1 unspecified atom stereocenters. The highest BCUT2D eigenvalue weighted by Gasteiger charge is 2.33. The second-order valence-electron chi connectivity index (χ2n) is 6.59. The minimum Gasteiger partial charge on any atom is -0.460 e. The molecule has 1 heterocycles. The van der Waals surface area contributed by atoms with Crippen molar-refractivity contribution in [2.24, 2.45) is 5.41 Å². The number of rotatable bonds is 4. The molecule has 0 spiro atoms. The molecule has 1 atom stereocenters. The lowest BCUT2D eigenvalue weighted by atomic mass is 9.87. The van der Waals surface area contributed by atoms with Gasteiger partial charge in [-0.1, -0.05) is 20.3 Å². The number of hydrogen-bond acceptors (Lipinski definition) is 2. The molecule has 1 aromatic carbocycles. The van der Waals surface area contributed by atoms with Gasteiger partial charge in [0, 0.05) is 11.6 Å². The summed E-state index contributed by atoms with van der Waals surface area (Å²) in [7, 11) is 0. The van der Waals surface area contributed by atoms with Crippen LogP contribution in [0, 0.1) is 11.2 Å². The second kappa shape index (κ2) is 5.64. The molecule has 1 aliphatic rings. The fourth-order valence-electron chi connectivity index (χ4n) is 3.17. The zero-order chi connectivity index (χ0) is 14.9. The zero-order valence-corrected chi connectivity index (χ0v) is 12.7. The van der Waals surface area contributed by atoms with Crippen LogP contribution in [0.4, 0.5) is 4.39 Å². The highest BCUT2D eigenvalue weighted by atomic mass is 19.1. The average molecular weight is 287 g/mol. The first-order valence-corrected chi connectivity index (χ1v) is 7.63. The Bertz CT molecular complexity index is 600. The van der Waals surface area contributed by atoms with Gasteiger partial charge in [-0.3, -0.25) is 0 Å². The van der Waals surface area contributed by atoms with Gasteiger partial charge in [0.1, 0.15) is 17.3 Å². The third kappa shape index (κ3) is 3.18. The molecule has 0 amide bonds. The van der Waals surface area contributed by atoms with Crippen molar-refractivity contribution < 1.29 is 8.81 Å². The fraction of sp³-hybridized carbons (Fsp3) is 0.444. The van der Waals surface area contributed by atoms with E-state index in [1.807, 2.05) is 12.1 Å². The largest absolute Gasteiger partial charge is 0.460 e. The van der Waals surface area contributed by atoms with Crippen LogP contribution < -0.4 is 5.32 Å². The van der Waals surface area contributed by atoms with Crippen LogP contribution in [-0.4, -0.2) is 6.04 Å². The molecular formula is C18H22FNO. The quantitative estimate of drug-likeness (QED) is 0.877. The maximum atomic E-state index is 12.9. The lowest BCUT2D eigenvalue weighted by Gasteiger charge is -2.27. The molecule has 1 N–H and O–H groups in total. The van der Waals surface area contributed by atoms with Gasteiger partial charge < -0.3 is 9.73 Å². The van der Waals surface area contributed by atoms with Gasteiger partial charge in [-0.2, -0.15) is 0 Å². The second-order valence-corrected chi connectivity index (χ2v) is 6.59. The molecule has 1 aliphatic carbocycles. The van der Waals surface area contributed by atoms with E-state index in [1.165, 1.54) is 31.4 Å². The molecule has 112 valence electrons. The highest BCUT2D eigenvalue weighted by molar-refractivity contribution is 5.57. The van der Waals surface area contributed by atoms with Crippen LogP contribution in [0.15, 0.2) is 40.8 Å². The number of furan rings is 1. The number of halogens is 1. The Morgan fingerprint density at radius 2 is 1.95 bits per heavy atom. The molecule has 0 bridgehead atoms. The Kier molecular flexibility index (Phi) is 3.85. The first-order chi connectivity index (χ1) is 10.0. The molecule has 3 heteroatoms. The monoisotopic (exact) mass is 287 g/mol. The van der Waals surface area contributed by atoms with Crippen molar-refractivity contribution >= 4 is 0 Å². The smallest absolute Gasteiger partial charge is 0.134 e. The molecule has 3 rings (SSSR count). The van der Waals surface area contributed by atoms with Crippen molar-refractivity contribution in [2.75, 3.05) is 0 Å². The van der Waals surface area contributed by atoms with Crippen molar-refractivity contribution in [3.05, 3.63) is 48.0 Å². The van der Waals surface area contributed by atoms with E-state index >= 15 is 0 Å². The first-order valence-electron chi connectivity index (χ1n) is 7.63. The van der Waals surface area contributed by atoms with E-state index in [-0.39, 0.29) is 5.82 Å². The summed E-state index contributed by atoms with van der Waals surface area (Å²) in [6.07, 6.45) is 3.81. The molecule has 2 aromatic rings. The minimum absolute atomic E-state index is 0.226. The van der Waals surface area contributed by atoms with E-state index < -0.39 is 0 Å². The molecule has 1 saturated carbocycles. The van der Waals surface area contributed by atoms with Crippen LogP contribution in [0.2, 0.25) is 0 Å². The van der Waals surface area contributed by atoms with Crippen molar-refractivity contribution in [2.45, 2.75) is 45.7 Å². The molecule has 2 nitrogen and oxygen atoms in total. The maximum absolute atomic E-state index is 12.9. The zero-order valence-electron chi connectivity index (χ0n) is 12.7. The van der Waals surface area contributed by atoms with E-state index in [9.17, 15) is 4.39 Å². The van der Waals surface area contributed by atoms with E-state index in [0.717, 1.165) is 23.6 Å². The highest BCUT2D eigenvalue weighted by Crippen LogP contribution is 2.37. The van der Waals surface area contributed by atoms with Gasteiger partial charge in [0.25, 0.3) is 0 Å². The van der Waals surface area contributed by atoms with Gasteiger partial charge in [-0.15, -0.1) is 0 Å². The van der Waals surface area contributed by atoms with Crippen LogP contribution in [-0.2, 0) is 6.54 Å². The fourth-order valence-corrected chi connectivity index (χ4v) is 3.17. The lowest BCUT2D eigenvalue weighted by Crippen LogP contribution is -2.37. The Hall–Kier alpha value is -1.61. The van der Waals surface area contributed by atoms with E-state index in [4.69, 9.17) is 4.42 Å². The van der Waals surface area contributed by atoms with Crippen molar-refractivity contribution in [1.29, 1.82) is 0 Å². The Morgan fingerprint density at radius 1 is 1.19 bits per heavy atom. The molecule has 0 aliphatic heterocycles. The average Bonchev–Trinajstić information content (AvgIpc) is 3.04. The number of hydrogen-bond donors (Lipinski definition) is 1. The maximum Gasteiger partial charge on any atom is 0.134 e. The molecule has 0 radical (unpaired) electrons. The SMILES string of the molecule is CC1(C)CCCC1NCc1ccc(-c2ccc(F)cc2)o1. The third-order valence-corrected chi connectivity index (χ3v) is 4.57. The summed E-state index contributed by atoms with van der Waals surface area (Å²) in [5.41, 5.74) is 1.27. The molecule has 1 fully saturated rings. The molecular weight excluding hydrogens is 265 g/mol. The summed E-state index contributed by atoms with van der Waals surface area (Å²) in [5.74, 6) is 1.49. The Balaban J connectivity index is 1.64. The number of benzene rings is 1.